The average Bonchev–Trinajstić information content (AvgIpc) is 3.25. The van der Waals surface area contributed by atoms with Gasteiger partial charge in [0.15, 0.2) is 0 Å². The molecule has 7 nitrogen and oxygen atoms in total. The summed E-state index contributed by atoms with van der Waals surface area (Å²) in [6.45, 7) is 0. The third-order valence-electron chi connectivity index (χ3n) is 4.80. The minimum absolute atomic E-state index is 0.125. The van der Waals surface area contributed by atoms with E-state index in [1.165, 1.54) is 4.57 Å². The molecule has 1 N–H and O–H groups in total. The van der Waals surface area contributed by atoms with Crippen LogP contribution in [0.2, 0.25) is 5.02 Å². The van der Waals surface area contributed by atoms with E-state index in [4.69, 9.17) is 11.6 Å². The maximum absolute atomic E-state index is 12.3. The third kappa shape index (κ3) is 3.45. The normalized spacial score (nSPS) is 10.6. The molecule has 3 aromatic heterocycles. The van der Waals surface area contributed by atoms with Gasteiger partial charge in [0.2, 0.25) is 0 Å². The van der Waals surface area contributed by atoms with Gasteiger partial charge in [0.1, 0.15) is 11.9 Å². The Bertz CT molecular complexity index is 1330. The molecule has 8 heteroatoms. The van der Waals surface area contributed by atoms with Gasteiger partial charge in [0.25, 0.3) is 5.56 Å². The molecular weight excluding hydrogens is 400 g/mol. The summed E-state index contributed by atoms with van der Waals surface area (Å²) in [4.78, 5) is 16.7. The fourth-order valence-corrected chi connectivity index (χ4v) is 3.42. The van der Waals surface area contributed by atoms with Gasteiger partial charge in [-0.05, 0) is 29.8 Å². The summed E-state index contributed by atoms with van der Waals surface area (Å²) >= 11 is 6.16. The van der Waals surface area contributed by atoms with Crippen molar-refractivity contribution in [3.05, 3.63) is 82.1 Å². The number of benzene rings is 1. The minimum Gasteiger partial charge on any atom is -0.373 e. The van der Waals surface area contributed by atoms with Crippen LogP contribution in [0.5, 0.6) is 0 Å². The van der Waals surface area contributed by atoms with Crippen molar-refractivity contribution in [1.29, 1.82) is 5.26 Å². The van der Waals surface area contributed by atoms with Gasteiger partial charge in [-0.3, -0.25) is 4.79 Å². The van der Waals surface area contributed by atoms with Crippen molar-refractivity contribution in [1.82, 2.24) is 19.3 Å². The number of nitrogens with one attached hydrogen (secondary N) is 1. The van der Waals surface area contributed by atoms with Gasteiger partial charge in [-0.15, -0.1) is 0 Å². The van der Waals surface area contributed by atoms with Crippen molar-refractivity contribution in [2.45, 2.75) is 0 Å². The Morgan fingerprint density at radius 1 is 1.10 bits per heavy atom. The molecule has 0 radical (unpaired) electrons. The number of halogens is 1. The molecule has 30 heavy (non-hydrogen) atoms. The lowest BCUT2D eigenvalue weighted by Crippen LogP contribution is -2.15. The van der Waals surface area contributed by atoms with E-state index in [0.717, 1.165) is 28.1 Å². The Labute approximate surface area is 177 Å². The summed E-state index contributed by atoms with van der Waals surface area (Å²) < 4.78 is 3.13. The van der Waals surface area contributed by atoms with Crippen LogP contribution in [0.4, 0.5) is 5.82 Å². The van der Waals surface area contributed by atoms with Crippen LogP contribution >= 0.6 is 11.6 Å². The van der Waals surface area contributed by atoms with Gasteiger partial charge in [-0.1, -0.05) is 17.7 Å². The first kappa shape index (κ1) is 19.4. The number of hydrogen-bond donors (Lipinski definition) is 1. The number of pyridine rings is 2. The van der Waals surface area contributed by atoms with Gasteiger partial charge >= 0.3 is 0 Å². The summed E-state index contributed by atoms with van der Waals surface area (Å²) in [6.07, 6.45) is 7.00. The SMILES string of the molecule is CNc1ccc(-c2cc(=O)n(C)cc2-c2cnn(-c3cccc(Cl)c3C#N)c2)cn1. The second kappa shape index (κ2) is 7.85. The molecule has 0 bridgehead atoms. The first-order valence-corrected chi connectivity index (χ1v) is 9.48. The van der Waals surface area contributed by atoms with E-state index in [1.54, 1.807) is 61.6 Å². The lowest BCUT2D eigenvalue weighted by Gasteiger charge is -2.11. The predicted octanol–water partition coefficient (Wildman–Crippen LogP) is 3.87. The van der Waals surface area contributed by atoms with Gasteiger partial charge in [0.05, 0.1) is 22.5 Å². The maximum atomic E-state index is 12.3. The smallest absolute Gasteiger partial charge is 0.250 e. The fourth-order valence-electron chi connectivity index (χ4n) is 3.21. The van der Waals surface area contributed by atoms with Crippen LogP contribution in [0, 0.1) is 11.3 Å². The highest BCUT2D eigenvalue weighted by Gasteiger charge is 2.15. The molecule has 0 saturated carbocycles. The zero-order valence-electron chi connectivity index (χ0n) is 16.3. The summed E-state index contributed by atoms with van der Waals surface area (Å²) in [5, 5.41) is 17.2. The van der Waals surface area contributed by atoms with E-state index in [1.807, 2.05) is 18.3 Å². The Balaban J connectivity index is 1.86. The van der Waals surface area contributed by atoms with E-state index >= 15 is 0 Å². The van der Waals surface area contributed by atoms with Crippen LogP contribution in [0.25, 0.3) is 27.9 Å². The number of nitriles is 1. The van der Waals surface area contributed by atoms with Gasteiger partial charge in [-0.25, -0.2) is 9.67 Å². The Morgan fingerprint density at radius 2 is 1.93 bits per heavy atom. The second-order valence-electron chi connectivity index (χ2n) is 6.65. The molecule has 0 atom stereocenters. The molecule has 4 aromatic rings. The van der Waals surface area contributed by atoms with Crippen LogP contribution in [-0.4, -0.2) is 26.4 Å². The molecule has 0 fully saturated rings. The molecule has 4 rings (SSSR count). The van der Waals surface area contributed by atoms with Gasteiger partial charge in [-0.2, -0.15) is 10.4 Å². The molecule has 148 valence electrons. The highest BCUT2D eigenvalue weighted by molar-refractivity contribution is 6.32. The first-order valence-electron chi connectivity index (χ1n) is 9.10. The predicted molar refractivity (Wildman–Crippen MR) is 117 cm³/mol. The van der Waals surface area contributed by atoms with E-state index in [9.17, 15) is 10.1 Å². The molecule has 0 aliphatic rings. The van der Waals surface area contributed by atoms with Crippen molar-refractivity contribution in [3.63, 3.8) is 0 Å². The monoisotopic (exact) mass is 416 g/mol. The Kier molecular flexibility index (Phi) is 5.09. The minimum atomic E-state index is -0.125. The molecule has 0 spiro atoms. The van der Waals surface area contributed by atoms with E-state index < -0.39 is 0 Å². The van der Waals surface area contributed by atoms with E-state index in [0.29, 0.717) is 16.3 Å². The summed E-state index contributed by atoms with van der Waals surface area (Å²) in [6, 6.07) is 12.7. The summed E-state index contributed by atoms with van der Waals surface area (Å²) in [7, 11) is 3.50. The fraction of sp³-hybridized carbons (Fsp3) is 0.0909. The van der Waals surface area contributed by atoms with Gasteiger partial charge < -0.3 is 9.88 Å². The van der Waals surface area contributed by atoms with Crippen molar-refractivity contribution >= 4 is 17.4 Å². The first-order chi connectivity index (χ1) is 14.5. The number of aryl methyl sites for hydroxylation is 1. The van der Waals surface area contributed by atoms with Crippen LogP contribution in [0.3, 0.4) is 0 Å². The topological polar surface area (TPSA) is 88.5 Å². The average molecular weight is 417 g/mol. The lowest BCUT2D eigenvalue weighted by atomic mass is 9.99. The number of rotatable bonds is 4. The summed E-state index contributed by atoms with van der Waals surface area (Å²) in [5.41, 5.74) is 3.99. The quantitative estimate of drug-likeness (QED) is 0.545. The second-order valence-corrected chi connectivity index (χ2v) is 7.06. The summed E-state index contributed by atoms with van der Waals surface area (Å²) in [5.74, 6) is 0.738. The van der Waals surface area contributed by atoms with E-state index in [2.05, 4.69) is 21.5 Å². The number of anilines is 1. The van der Waals surface area contributed by atoms with Crippen LogP contribution in [-0.2, 0) is 7.05 Å². The number of hydrogen-bond acceptors (Lipinski definition) is 5. The highest BCUT2D eigenvalue weighted by atomic mass is 35.5. The van der Waals surface area contributed by atoms with Crippen molar-refractivity contribution in [3.8, 4) is 34.0 Å². The van der Waals surface area contributed by atoms with Crippen molar-refractivity contribution in [2.24, 2.45) is 7.05 Å². The van der Waals surface area contributed by atoms with Crippen LogP contribution < -0.4 is 10.9 Å². The van der Waals surface area contributed by atoms with Crippen LogP contribution in [0.1, 0.15) is 5.56 Å². The standard InChI is InChI=1S/C22H17ClN6O/c1-25-21-7-6-14(10-26-21)16-8-22(30)28(2)13-18(16)15-11-27-29(12-15)20-5-3-4-19(23)17(20)9-24/h3-8,10-13H,1-2H3,(H,25,26). The maximum Gasteiger partial charge on any atom is 0.250 e. The third-order valence-corrected chi connectivity index (χ3v) is 5.12. The molecule has 0 aliphatic heterocycles. The Hall–Kier alpha value is -3.89. The molecule has 0 amide bonds. The highest BCUT2D eigenvalue weighted by Crippen LogP contribution is 2.32. The van der Waals surface area contributed by atoms with E-state index in [-0.39, 0.29) is 5.56 Å². The van der Waals surface area contributed by atoms with Crippen molar-refractivity contribution < 1.29 is 0 Å². The van der Waals surface area contributed by atoms with Gasteiger partial charge in [0, 0.05) is 55.4 Å². The zero-order chi connectivity index (χ0) is 21.3. The molecular formula is C22H17ClN6O. The molecule has 3 heterocycles. The Morgan fingerprint density at radius 3 is 2.63 bits per heavy atom. The molecule has 0 unspecified atom stereocenters. The zero-order valence-corrected chi connectivity index (χ0v) is 17.1. The van der Waals surface area contributed by atoms with Crippen LogP contribution in [0.15, 0.2) is 66.0 Å². The van der Waals surface area contributed by atoms with Crippen molar-refractivity contribution in [2.75, 3.05) is 12.4 Å². The lowest BCUT2D eigenvalue weighted by molar-refractivity contribution is 0.863. The largest absolute Gasteiger partial charge is 0.373 e. The molecule has 0 aliphatic carbocycles. The molecule has 1 aromatic carbocycles. The molecule has 0 saturated heterocycles. The number of nitrogens with zero attached hydrogens (tertiary/aromatic N) is 5. The number of aromatic nitrogens is 4.